The quantitative estimate of drug-likeness (QED) is 0.614. The molecule has 3 N–H and O–H groups in total. The number of methoxy groups -OCH3 is 2. The average molecular weight is 397 g/mol. The number of carbonyl (C=O) groups excluding carboxylic acids is 1. The molecule has 0 aliphatic rings. The van der Waals surface area contributed by atoms with Crippen LogP contribution in [0, 0.1) is 0 Å². The van der Waals surface area contributed by atoms with Crippen molar-refractivity contribution in [3.8, 4) is 11.5 Å². The van der Waals surface area contributed by atoms with E-state index in [0.29, 0.717) is 12.3 Å². The number of hydrogen-bond donors (Lipinski definition) is 2. The zero-order valence-electron chi connectivity index (χ0n) is 17.7. The van der Waals surface area contributed by atoms with Crippen molar-refractivity contribution < 1.29 is 19.6 Å². The first-order chi connectivity index (χ1) is 14.0. The highest BCUT2D eigenvalue weighted by Gasteiger charge is 2.27. The minimum absolute atomic E-state index is 0.0219. The molecule has 0 spiro atoms. The Hall–Kier alpha value is -2.99. The molecule has 2 atom stereocenters. The fourth-order valence-electron chi connectivity index (χ4n) is 3.84. The van der Waals surface area contributed by atoms with Gasteiger partial charge in [-0.15, -0.1) is 0 Å². The summed E-state index contributed by atoms with van der Waals surface area (Å²) in [5.41, 5.74) is 3.30. The number of likely N-dealkylation sites (N-methyl/N-ethyl adjacent to an activating group) is 1. The smallest absolute Gasteiger partial charge is 0.279 e. The Balaban J connectivity index is 2.04. The van der Waals surface area contributed by atoms with Crippen molar-refractivity contribution >= 4 is 16.8 Å². The molecule has 6 nitrogen and oxygen atoms in total. The van der Waals surface area contributed by atoms with Gasteiger partial charge in [0, 0.05) is 36.8 Å². The fourth-order valence-corrected chi connectivity index (χ4v) is 3.84. The van der Waals surface area contributed by atoms with E-state index >= 15 is 0 Å². The van der Waals surface area contributed by atoms with Crippen molar-refractivity contribution in [2.75, 3.05) is 34.9 Å². The summed E-state index contributed by atoms with van der Waals surface area (Å²) in [7, 11) is 6.88. The predicted octanol–water partition coefficient (Wildman–Crippen LogP) is 2.36. The summed E-state index contributed by atoms with van der Waals surface area (Å²) < 4.78 is 11.3. The number of aromatic nitrogens is 1. The number of amides is 1. The Morgan fingerprint density at radius 3 is 2.52 bits per heavy atom. The van der Waals surface area contributed by atoms with Crippen LogP contribution >= 0.6 is 0 Å². The van der Waals surface area contributed by atoms with Crippen LogP contribution in [-0.4, -0.2) is 56.7 Å². The number of nitrogens with one attached hydrogen (secondary N) is 1. The highest BCUT2D eigenvalue weighted by molar-refractivity contribution is 5.84. The van der Waals surface area contributed by atoms with E-state index in [1.54, 1.807) is 33.2 Å². The topological polar surface area (TPSA) is 71.2 Å². The summed E-state index contributed by atoms with van der Waals surface area (Å²) in [6.45, 7) is 2.64. The van der Waals surface area contributed by atoms with Crippen molar-refractivity contribution in [1.82, 2.24) is 9.88 Å². The van der Waals surface area contributed by atoms with Crippen LogP contribution < -0.4 is 14.8 Å². The van der Waals surface area contributed by atoms with Gasteiger partial charge in [0.05, 0.1) is 26.7 Å². The maximum absolute atomic E-state index is 12.4. The molecule has 1 amide bonds. The number of benzene rings is 2. The van der Waals surface area contributed by atoms with Gasteiger partial charge in [-0.3, -0.25) is 4.79 Å². The van der Waals surface area contributed by atoms with Gasteiger partial charge in [0.15, 0.2) is 17.5 Å². The number of fused-ring (bicyclic) bond motifs is 1. The van der Waals surface area contributed by atoms with Crippen molar-refractivity contribution in [3.63, 3.8) is 0 Å². The van der Waals surface area contributed by atoms with E-state index in [1.165, 1.54) is 10.9 Å². The number of aromatic amines is 1. The van der Waals surface area contributed by atoms with E-state index in [1.807, 2.05) is 31.2 Å². The summed E-state index contributed by atoms with van der Waals surface area (Å²) in [6, 6.07) is 14.0. The summed E-state index contributed by atoms with van der Waals surface area (Å²) in [4.78, 5) is 17.4. The third-order valence-electron chi connectivity index (χ3n) is 5.36. The number of hydrogen-bond acceptors (Lipinski definition) is 3. The molecule has 0 saturated carbocycles. The maximum atomic E-state index is 12.4. The van der Waals surface area contributed by atoms with Crippen LogP contribution in [0.15, 0.2) is 48.7 Å². The number of nitrogens with zero attached hydrogens (tertiary/aromatic N) is 1. The molecule has 0 aliphatic heterocycles. The molecule has 3 aromatic rings. The Morgan fingerprint density at radius 1 is 1.07 bits per heavy atom. The third-order valence-corrected chi connectivity index (χ3v) is 5.36. The number of quaternary nitrogens is 1. The van der Waals surface area contributed by atoms with Crippen LogP contribution in [0.1, 0.15) is 24.0 Å². The van der Waals surface area contributed by atoms with E-state index < -0.39 is 0 Å². The lowest BCUT2D eigenvalue weighted by atomic mass is 9.89. The Morgan fingerprint density at radius 2 is 1.83 bits per heavy atom. The van der Waals surface area contributed by atoms with Crippen LogP contribution in [0.2, 0.25) is 0 Å². The third kappa shape index (κ3) is 4.22. The fraction of sp³-hybridized carbons (Fsp3) is 0.348. The van der Waals surface area contributed by atoms with Crippen molar-refractivity contribution in [3.05, 3.63) is 59.8 Å². The van der Waals surface area contributed by atoms with Gasteiger partial charge in [0.2, 0.25) is 0 Å². The molecule has 29 heavy (non-hydrogen) atoms. The SMILES string of the molecule is COc1cccc([C@@H](C[NH2+][C@@H](C)C(=O)N(C)C)c2c[nH]c3ccccc23)c1OC. The van der Waals surface area contributed by atoms with E-state index in [2.05, 4.69) is 34.7 Å². The summed E-state index contributed by atoms with van der Waals surface area (Å²) in [6.07, 6.45) is 2.06. The number of carbonyl (C=O) groups is 1. The van der Waals surface area contributed by atoms with Crippen LogP contribution in [-0.2, 0) is 4.79 Å². The molecule has 0 aliphatic carbocycles. The minimum Gasteiger partial charge on any atom is -0.493 e. The summed E-state index contributed by atoms with van der Waals surface area (Å²) in [5, 5.41) is 3.26. The Bertz CT molecular complexity index is 980. The normalized spacial score (nSPS) is 13.1. The van der Waals surface area contributed by atoms with Gasteiger partial charge in [-0.05, 0) is 24.6 Å². The van der Waals surface area contributed by atoms with Crippen LogP contribution in [0.4, 0.5) is 0 Å². The average Bonchev–Trinajstić information content (AvgIpc) is 3.16. The van der Waals surface area contributed by atoms with Gasteiger partial charge in [0.1, 0.15) is 0 Å². The van der Waals surface area contributed by atoms with Crippen molar-refractivity contribution in [2.24, 2.45) is 0 Å². The van der Waals surface area contributed by atoms with Crippen LogP contribution in [0.25, 0.3) is 10.9 Å². The zero-order valence-corrected chi connectivity index (χ0v) is 17.7. The Kier molecular flexibility index (Phi) is 6.44. The van der Waals surface area contributed by atoms with Gasteiger partial charge in [-0.2, -0.15) is 0 Å². The number of ether oxygens (including phenoxy) is 2. The second kappa shape index (κ2) is 9.01. The molecular weight excluding hydrogens is 366 g/mol. The maximum Gasteiger partial charge on any atom is 0.279 e. The molecule has 1 aromatic heterocycles. The second-order valence-electron chi connectivity index (χ2n) is 7.42. The van der Waals surface area contributed by atoms with Crippen molar-refractivity contribution in [1.29, 1.82) is 0 Å². The lowest BCUT2D eigenvalue weighted by molar-refractivity contribution is -0.675. The van der Waals surface area contributed by atoms with E-state index in [4.69, 9.17) is 9.47 Å². The van der Waals surface area contributed by atoms with Crippen molar-refractivity contribution in [2.45, 2.75) is 18.9 Å². The monoisotopic (exact) mass is 396 g/mol. The lowest BCUT2D eigenvalue weighted by Gasteiger charge is -2.22. The molecular formula is C23H30N3O3+. The highest BCUT2D eigenvalue weighted by atomic mass is 16.5. The molecule has 0 saturated heterocycles. The van der Waals surface area contributed by atoms with Gasteiger partial charge in [-0.1, -0.05) is 30.3 Å². The molecule has 0 unspecified atom stereocenters. The standard InChI is InChI=1S/C23H29N3O3/c1-15(23(27)26(2)3)24-13-19(17-10-8-12-21(28-4)22(17)29-5)18-14-25-20-11-7-6-9-16(18)20/h6-12,14-15,19,24-25H,13H2,1-5H3/p+1/t15-,19+/m0/s1. The Labute approximate surface area is 171 Å². The van der Waals surface area contributed by atoms with E-state index in [-0.39, 0.29) is 17.9 Å². The predicted molar refractivity (Wildman–Crippen MR) is 115 cm³/mol. The first-order valence-electron chi connectivity index (χ1n) is 9.79. The second-order valence-corrected chi connectivity index (χ2v) is 7.42. The number of nitrogens with two attached hydrogens (primary N) is 1. The summed E-state index contributed by atoms with van der Waals surface area (Å²) >= 11 is 0. The van der Waals surface area contributed by atoms with Crippen LogP contribution in [0.5, 0.6) is 11.5 Å². The molecule has 3 rings (SSSR count). The molecule has 6 heteroatoms. The first-order valence-corrected chi connectivity index (χ1v) is 9.79. The number of rotatable bonds is 8. The zero-order chi connectivity index (χ0) is 21.0. The number of H-pyrrole nitrogens is 1. The largest absolute Gasteiger partial charge is 0.493 e. The number of para-hydroxylation sites is 2. The first kappa shape index (κ1) is 20.7. The summed E-state index contributed by atoms with van der Waals surface area (Å²) in [5.74, 6) is 1.55. The van der Waals surface area contributed by atoms with Crippen LogP contribution in [0.3, 0.4) is 0 Å². The lowest BCUT2D eigenvalue weighted by Crippen LogP contribution is -2.92. The van der Waals surface area contributed by atoms with Gasteiger partial charge in [0.25, 0.3) is 5.91 Å². The molecule has 0 bridgehead atoms. The molecule has 2 aromatic carbocycles. The highest BCUT2D eigenvalue weighted by Crippen LogP contribution is 2.39. The molecule has 0 radical (unpaired) electrons. The molecule has 0 fully saturated rings. The van der Waals surface area contributed by atoms with E-state index in [0.717, 1.165) is 16.8 Å². The van der Waals surface area contributed by atoms with E-state index in [9.17, 15) is 4.79 Å². The van der Waals surface area contributed by atoms with Gasteiger partial charge < -0.3 is 24.7 Å². The van der Waals surface area contributed by atoms with Gasteiger partial charge >= 0.3 is 0 Å². The molecule has 1 heterocycles. The minimum atomic E-state index is -0.172. The molecule has 154 valence electrons. The van der Waals surface area contributed by atoms with Gasteiger partial charge in [-0.25, -0.2) is 0 Å².